The second kappa shape index (κ2) is 9.15. The summed E-state index contributed by atoms with van der Waals surface area (Å²) in [7, 11) is -3.64. The zero-order valence-electron chi connectivity index (χ0n) is 15.6. The number of halogens is 1. The van der Waals surface area contributed by atoms with Gasteiger partial charge in [0, 0.05) is 24.8 Å². The highest BCUT2D eigenvalue weighted by Gasteiger charge is 2.26. The van der Waals surface area contributed by atoms with Gasteiger partial charge in [0.05, 0.1) is 29.1 Å². The van der Waals surface area contributed by atoms with Crippen LogP contribution in [0.1, 0.15) is 0 Å². The highest BCUT2D eigenvalue weighted by Crippen LogP contribution is 2.23. The molecule has 1 aliphatic rings. The van der Waals surface area contributed by atoms with Crippen LogP contribution in [-0.4, -0.2) is 56.5 Å². The fourth-order valence-electron chi connectivity index (χ4n) is 2.71. The molecular formula is C18H18FN3O7S. The van der Waals surface area contributed by atoms with E-state index in [2.05, 4.69) is 5.32 Å². The van der Waals surface area contributed by atoms with Gasteiger partial charge in [-0.3, -0.25) is 14.9 Å². The highest BCUT2D eigenvalue weighted by atomic mass is 32.2. The van der Waals surface area contributed by atoms with Crippen molar-refractivity contribution < 1.29 is 32.0 Å². The molecule has 10 nitrogen and oxygen atoms in total. The topological polar surface area (TPSA) is 128 Å². The van der Waals surface area contributed by atoms with Crippen molar-refractivity contribution in [2.24, 2.45) is 0 Å². The molecule has 0 unspecified atom stereocenters. The maximum Gasteiger partial charge on any atom is 0.272 e. The van der Waals surface area contributed by atoms with Crippen LogP contribution in [0.2, 0.25) is 0 Å². The van der Waals surface area contributed by atoms with E-state index in [0.717, 1.165) is 12.1 Å². The van der Waals surface area contributed by atoms with Gasteiger partial charge in [-0.2, -0.15) is 4.31 Å². The summed E-state index contributed by atoms with van der Waals surface area (Å²) < 4.78 is 50.4. The van der Waals surface area contributed by atoms with Crippen molar-refractivity contribution in [2.75, 3.05) is 38.2 Å². The van der Waals surface area contributed by atoms with E-state index < -0.39 is 39.0 Å². The largest absolute Gasteiger partial charge is 0.481 e. The molecule has 2 aromatic carbocycles. The SMILES string of the molecule is O=C(COc1ccc([N+](=O)[O-])cc1F)Nc1ccc(S(=O)(=O)N2CCOCC2)cc1. The van der Waals surface area contributed by atoms with Crippen molar-refractivity contribution in [1.82, 2.24) is 4.31 Å². The molecule has 1 heterocycles. The molecule has 3 rings (SSSR count). The smallest absolute Gasteiger partial charge is 0.272 e. The van der Waals surface area contributed by atoms with Crippen LogP contribution in [0, 0.1) is 15.9 Å². The summed E-state index contributed by atoms with van der Waals surface area (Å²) in [6.45, 7) is 0.683. The maximum atomic E-state index is 13.8. The zero-order valence-corrected chi connectivity index (χ0v) is 16.4. The van der Waals surface area contributed by atoms with Crippen molar-refractivity contribution in [1.29, 1.82) is 0 Å². The van der Waals surface area contributed by atoms with Crippen molar-refractivity contribution in [2.45, 2.75) is 4.90 Å². The normalized spacial score (nSPS) is 14.8. The Morgan fingerprint density at radius 2 is 1.87 bits per heavy atom. The van der Waals surface area contributed by atoms with E-state index in [1.807, 2.05) is 0 Å². The number of hydrogen-bond acceptors (Lipinski definition) is 7. The van der Waals surface area contributed by atoms with Crippen molar-refractivity contribution in [3.05, 3.63) is 58.4 Å². The number of amides is 1. The molecule has 2 aromatic rings. The zero-order chi connectivity index (χ0) is 21.7. The van der Waals surface area contributed by atoms with Gasteiger partial charge in [0.1, 0.15) is 0 Å². The van der Waals surface area contributed by atoms with E-state index in [4.69, 9.17) is 9.47 Å². The number of non-ortho nitro benzene ring substituents is 1. The van der Waals surface area contributed by atoms with E-state index in [-0.39, 0.29) is 23.7 Å². The predicted octanol–water partition coefficient (Wildman–Crippen LogP) is 1.77. The van der Waals surface area contributed by atoms with Crippen LogP contribution in [0.3, 0.4) is 0 Å². The lowest BCUT2D eigenvalue weighted by Gasteiger charge is -2.26. The number of nitrogens with one attached hydrogen (secondary N) is 1. The van der Waals surface area contributed by atoms with E-state index in [1.54, 1.807) is 0 Å². The molecule has 0 aromatic heterocycles. The number of nitro benzene ring substituents is 1. The number of carbonyl (C=O) groups is 1. The Kier molecular flexibility index (Phi) is 6.59. The van der Waals surface area contributed by atoms with E-state index in [0.29, 0.717) is 25.0 Å². The number of morpholine rings is 1. The van der Waals surface area contributed by atoms with Gasteiger partial charge >= 0.3 is 0 Å². The molecule has 1 amide bonds. The number of anilines is 1. The molecular weight excluding hydrogens is 421 g/mol. The average Bonchev–Trinajstić information content (AvgIpc) is 2.73. The summed E-state index contributed by atoms with van der Waals surface area (Å²) in [4.78, 5) is 21.9. The molecule has 160 valence electrons. The van der Waals surface area contributed by atoms with Crippen molar-refractivity contribution >= 4 is 27.3 Å². The quantitative estimate of drug-likeness (QED) is 0.514. The lowest BCUT2D eigenvalue weighted by Crippen LogP contribution is -2.40. The first kappa shape index (κ1) is 21.6. The number of carbonyl (C=O) groups excluding carboxylic acids is 1. The summed E-state index contributed by atoms with van der Waals surface area (Å²) >= 11 is 0. The molecule has 0 radical (unpaired) electrons. The summed E-state index contributed by atoms with van der Waals surface area (Å²) in [6, 6.07) is 8.42. The third-order valence-electron chi connectivity index (χ3n) is 4.23. The minimum atomic E-state index is -3.64. The number of rotatable bonds is 7. The Labute approximate surface area is 171 Å². The summed E-state index contributed by atoms with van der Waals surface area (Å²) in [5.41, 5.74) is -0.106. The summed E-state index contributed by atoms with van der Waals surface area (Å²) in [6.07, 6.45) is 0. The van der Waals surface area contributed by atoms with Gasteiger partial charge in [-0.1, -0.05) is 0 Å². The van der Waals surface area contributed by atoms with E-state index in [1.165, 1.54) is 28.6 Å². The molecule has 0 aliphatic carbocycles. The third kappa shape index (κ3) is 5.09. The van der Waals surface area contributed by atoms with Gasteiger partial charge in [-0.15, -0.1) is 0 Å². The Bertz CT molecular complexity index is 1040. The lowest BCUT2D eigenvalue weighted by molar-refractivity contribution is -0.385. The van der Waals surface area contributed by atoms with Gasteiger partial charge < -0.3 is 14.8 Å². The lowest BCUT2D eigenvalue weighted by atomic mass is 10.3. The summed E-state index contributed by atoms with van der Waals surface area (Å²) in [5.74, 6) is -1.88. The molecule has 0 atom stereocenters. The standard InChI is InChI=1S/C18H18FN3O7S/c19-16-11-14(22(24)25)3-6-17(16)29-12-18(23)20-13-1-4-15(5-2-13)30(26,27)21-7-9-28-10-8-21/h1-6,11H,7-10,12H2,(H,20,23). The molecule has 12 heteroatoms. The predicted molar refractivity (Wildman–Crippen MR) is 103 cm³/mol. The Balaban J connectivity index is 1.57. The first-order chi connectivity index (χ1) is 14.3. The van der Waals surface area contributed by atoms with Crippen molar-refractivity contribution in [3.8, 4) is 5.75 Å². The number of nitrogens with zero attached hydrogens (tertiary/aromatic N) is 2. The van der Waals surface area contributed by atoms with Gasteiger partial charge in [0.25, 0.3) is 11.6 Å². The molecule has 0 bridgehead atoms. The number of ether oxygens (including phenoxy) is 2. The molecule has 30 heavy (non-hydrogen) atoms. The van der Waals surface area contributed by atoms with Crippen LogP contribution in [-0.2, 0) is 19.6 Å². The Hall–Kier alpha value is -3.09. The first-order valence-corrected chi connectivity index (χ1v) is 10.3. The monoisotopic (exact) mass is 439 g/mol. The molecule has 1 N–H and O–H groups in total. The summed E-state index contributed by atoms with van der Waals surface area (Å²) in [5, 5.41) is 13.1. The fraction of sp³-hybridized carbons (Fsp3) is 0.278. The molecule has 1 fully saturated rings. The van der Waals surface area contributed by atoms with Crippen LogP contribution in [0.4, 0.5) is 15.8 Å². The van der Waals surface area contributed by atoms with Crippen LogP contribution < -0.4 is 10.1 Å². The van der Waals surface area contributed by atoms with Gasteiger partial charge in [-0.05, 0) is 30.3 Å². The molecule has 1 aliphatic heterocycles. The molecule has 1 saturated heterocycles. The first-order valence-electron chi connectivity index (χ1n) is 8.82. The number of sulfonamides is 1. The minimum Gasteiger partial charge on any atom is -0.481 e. The number of nitro groups is 1. The Morgan fingerprint density at radius 1 is 1.20 bits per heavy atom. The van der Waals surface area contributed by atoms with E-state index in [9.17, 15) is 27.7 Å². The average molecular weight is 439 g/mol. The van der Waals surface area contributed by atoms with Crippen LogP contribution in [0.25, 0.3) is 0 Å². The maximum absolute atomic E-state index is 13.8. The number of hydrogen-bond donors (Lipinski definition) is 1. The van der Waals surface area contributed by atoms with Gasteiger partial charge in [0.2, 0.25) is 10.0 Å². The van der Waals surface area contributed by atoms with E-state index >= 15 is 0 Å². The Morgan fingerprint density at radius 3 is 2.47 bits per heavy atom. The van der Waals surface area contributed by atoms with Gasteiger partial charge in [-0.25, -0.2) is 12.8 Å². The number of benzene rings is 2. The fourth-order valence-corrected chi connectivity index (χ4v) is 4.11. The second-order valence-corrected chi connectivity index (χ2v) is 8.19. The van der Waals surface area contributed by atoms with Crippen LogP contribution in [0.15, 0.2) is 47.4 Å². The second-order valence-electron chi connectivity index (χ2n) is 6.25. The minimum absolute atomic E-state index is 0.0894. The molecule has 0 spiro atoms. The molecule has 0 saturated carbocycles. The van der Waals surface area contributed by atoms with Crippen LogP contribution in [0.5, 0.6) is 5.75 Å². The highest BCUT2D eigenvalue weighted by molar-refractivity contribution is 7.89. The van der Waals surface area contributed by atoms with Crippen LogP contribution >= 0.6 is 0 Å². The van der Waals surface area contributed by atoms with Gasteiger partial charge in [0.15, 0.2) is 18.2 Å². The third-order valence-corrected chi connectivity index (χ3v) is 6.14. The van der Waals surface area contributed by atoms with Crippen molar-refractivity contribution in [3.63, 3.8) is 0 Å².